The van der Waals surface area contributed by atoms with Crippen LogP contribution in [0.3, 0.4) is 0 Å². The first-order valence-corrected chi connectivity index (χ1v) is 8.45. The predicted octanol–water partition coefficient (Wildman–Crippen LogP) is 5.01. The molecule has 1 aromatic rings. The Morgan fingerprint density at radius 2 is 1.87 bits per heavy atom. The van der Waals surface area contributed by atoms with E-state index in [1.165, 1.54) is 51.0 Å². The SMILES string of the molecule is CCCCCC[P][P]c1ccccc1C. The first kappa shape index (κ1) is 13.1. The van der Waals surface area contributed by atoms with Crippen molar-refractivity contribution in [3.63, 3.8) is 0 Å². The Kier molecular flexibility index (Phi) is 7.24. The van der Waals surface area contributed by atoms with Crippen molar-refractivity contribution in [3.05, 3.63) is 29.8 Å². The molecule has 0 heterocycles. The van der Waals surface area contributed by atoms with E-state index in [1.54, 1.807) is 8.27 Å². The van der Waals surface area contributed by atoms with Crippen molar-refractivity contribution in [2.75, 3.05) is 6.16 Å². The monoisotopic (exact) mass is 238 g/mol. The molecule has 0 amide bonds. The third kappa shape index (κ3) is 5.64. The molecule has 0 aliphatic carbocycles. The summed E-state index contributed by atoms with van der Waals surface area (Å²) >= 11 is 0. The van der Waals surface area contributed by atoms with E-state index in [-0.39, 0.29) is 0 Å². The minimum absolute atomic E-state index is 1.34. The molecule has 0 aliphatic heterocycles. The van der Waals surface area contributed by atoms with E-state index < -0.39 is 0 Å². The number of rotatable bonds is 7. The van der Waals surface area contributed by atoms with Crippen LogP contribution in [0.1, 0.15) is 38.2 Å². The Labute approximate surface area is 97.7 Å². The summed E-state index contributed by atoms with van der Waals surface area (Å²) in [6.07, 6.45) is 6.90. The van der Waals surface area contributed by atoms with Crippen LogP contribution in [-0.4, -0.2) is 6.16 Å². The van der Waals surface area contributed by atoms with Gasteiger partial charge in [-0.15, -0.1) is 0 Å². The van der Waals surface area contributed by atoms with Crippen LogP contribution in [0, 0.1) is 6.92 Å². The van der Waals surface area contributed by atoms with Gasteiger partial charge in [0.1, 0.15) is 0 Å². The second-order valence-electron chi connectivity index (χ2n) is 3.81. The molecule has 0 nitrogen and oxygen atoms in total. The van der Waals surface area contributed by atoms with Gasteiger partial charge in [-0.25, -0.2) is 0 Å². The predicted molar refractivity (Wildman–Crippen MR) is 73.7 cm³/mol. The minimum atomic E-state index is 1.34. The van der Waals surface area contributed by atoms with Crippen molar-refractivity contribution >= 4 is 21.8 Å². The average Bonchev–Trinajstić information content (AvgIpc) is 2.25. The third-order valence-electron chi connectivity index (χ3n) is 2.41. The Bertz CT molecular complexity index is 271. The van der Waals surface area contributed by atoms with E-state index in [0.717, 1.165) is 0 Å². The van der Waals surface area contributed by atoms with Crippen molar-refractivity contribution < 1.29 is 0 Å². The zero-order valence-corrected chi connectivity index (χ0v) is 11.5. The molecule has 0 bridgehead atoms. The molecule has 1 rings (SSSR count). The van der Waals surface area contributed by atoms with Gasteiger partial charge in [0.2, 0.25) is 0 Å². The van der Waals surface area contributed by atoms with E-state index in [4.69, 9.17) is 0 Å². The van der Waals surface area contributed by atoms with Crippen molar-refractivity contribution in [1.29, 1.82) is 0 Å². The lowest BCUT2D eigenvalue weighted by molar-refractivity contribution is 0.706. The number of aryl methyl sites for hydroxylation is 1. The first-order valence-electron chi connectivity index (χ1n) is 5.77. The van der Waals surface area contributed by atoms with Gasteiger partial charge in [0.25, 0.3) is 0 Å². The molecule has 2 heteroatoms. The van der Waals surface area contributed by atoms with E-state index in [1.807, 2.05) is 0 Å². The van der Waals surface area contributed by atoms with Gasteiger partial charge in [0.05, 0.1) is 0 Å². The van der Waals surface area contributed by atoms with Gasteiger partial charge < -0.3 is 0 Å². The molecule has 0 atom stereocenters. The fourth-order valence-electron chi connectivity index (χ4n) is 1.41. The smallest absolute Gasteiger partial charge is 0.0106 e. The van der Waals surface area contributed by atoms with Gasteiger partial charge in [-0.1, -0.05) is 50.5 Å². The highest BCUT2D eigenvalue weighted by Gasteiger charge is 1.98. The number of benzene rings is 1. The third-order valence-corrected chi connectivity index (χ3v) is 5.45. The molecule has 0 fully saturated rings. The van der Waals surface area contributed by atoms with Crippen LogP contribution < -0.4 is 5.30 Å². The highest BCUT2D eigenvalue weighted by molar-refractivity contribution is 8.15. The van der Waals surface area contributed by atoms with Crippen LogP contribution in [0.5, 0.6) is 0 Å². The summed E-state index contributed by atoms with van der Waals surface area (Å²) in [4.78, 5) is 0. The number of hydrogen-bond donors (Lipinski definition) is 0. The van der Waals surface area contributed by atoms with Crippen LogP contribution in [-0.2, 0) is 0 Å². The maximum Gasteiger partial charge on any atom is -0.0106 e. The van der Waals surface area contributed by atoms with Gasteiger partial charge in [-0.05, 0) is 46.9 Å². The van der Waals surface area contributed by atoms with E-state index in [0.29, 0.717) is 0 Å². The average molecular weight is 238 g/mol. The molecule has 15 heavy (non-hydrogen) atoms. The molecule has 1 aromatic carbocycles. The van der Waals surface area contributed by atoms with E-state index in [9.17, 15) is 0 Å². The lowest BCUT2D eigenvalue weighted by Crippen LogP contribution is -1.96. The van der Waals surface area contributed by atoms with Crippen molar-refractivity contribution in [3.8, 4) is 0 Å². The van der Waals surface area contributed by atoms with Crippen LogP contribution in [0.2, 0.25) is 0 Å². The Morgan fingerprint density at radius 1 is 1.07 bits per heavy atom. The van der Waals surface area contributed by atoms with E-state index in [2.05, 4.69) is 38.1 Å². The number of hydrogen-bond acceptors (Lipinski definition) is 0. The lowest BCUT2D eigenvalue weighted by atomic mass is 10.2. The van der Waals surface area contributed by atoms with Crippen LogP contribution in [0.25, 0.3) is 0 Å². The molecule has 82 valence electrons. The highest BCUT2D eigenvalue weighted by Crippen LogP contribution is 2.37. The van der Waals surface area contributed by atoms with Gasteiger partial charge in [0, 0.05) is 0 Å². The van der Waals surface area contributed by atoms with Crippen molar-refractivity contribution in [1.82, 2.24) is 0 Å². The van der Waals surface area contributed by atoms with Crippen LogP contribution in [0.4, 0.5) is 0 Å². The number of unbranched alkanes of at least 4 members (excludes halogenated alkanes) is 3. The Morgan fingerprint density at radius 3 is 2.60 bits per heavy atom. The summed E-state index contributed by atoms with van der Waals surface area (Å²) in [5.74, 6) is 0. The first-order chi connectivity index (χ1) is 7.34. The topological polar surface area (TPSA) is 0 Å². The second-order valence-corrected chi connectivity index (χ2v) is 6.67. The van der Waals surface area contributed by atoms with Gasteiger partial charge in [-0.2, -0.15) is 0 Å². The molecular formula is C13H20P2. The molecule has 0 aromatic heterocycles. The Balaban J connectivity index is 2.12. The molecule has 2 radical (unpaired) electrons. The van der Waals surface area contributed by atoms with Gasteiger partial charge >= 0.3 is 0 Å². The normalized spacial score (nSPS) is 12.1. The molecule has 0 aliphatic rings. The Hall–Kier alpha value is 0.0800. The van der Waals surface area contributed by atoms with Crippen molar-refractivity contribution in [2.24, 2.45) is 0 Å². The fourth-order valence-corrected chi connectivity index (χ4v) is 4.27. The molecule has 0 saturated carbocycles. The zero-order valence-electron chi connectivity index (χ0n) is 9.74. The largest absolute Gasteiger partial charge is 0.0654 e. The quantitative estimate of drug-likeness (QED) is 0.462. The summed E-state index contributed by atoms with van der Waals surface area (Å²) in [6.45, 7) is 4.47. The standard InChI is InChI=1S/C13H20P2/c1-3-4-5-8-11-14-15-13-10-7-6-9-12(13)2/h6-7,9-10H,3-5,8,11H2,1-2H3. The van der Waals surface area contributed by atoms with Crippen molar-refractivity contribution in [2.45, 2.75) is 39.5 Å². The summed E-state index contributed by atoms with van der Waals surface area (Å²) in [5, 5.41) is 1.50. The fraction of sp³-hybridized carbons (Fsp3) is 0.538. The van der Waals surface area contributed by atoms with Crippen LogP contribution in [0.15, 0.2) is 24.3 Å². The summed E-state index contributed by atoms with van der Waals surface area (Å²) in [7, 11) is 3.05. The molecule has 0 saturated heterocycles. The second kappa shape index (κ2) is 8.26. The molecule has 0 N–H and O–H groups in total. The molecule has 0 unspecified atom stereocenters. The lowest BCUT2D eigenvalue weighted by Gasteiger charge is -2.03. The van der Waals surface area contributed by atoms with Gasteiger partial charge in [-0.3, -0.25) is 0 Å². The van der Waals surface area contributed by atoms with Gasteiger partial charge in [0.15, 0.2) is 0 Å². The summed E-state index contributed by atoms with van der Waals surface area (Å²) in [5.41, 5.74) is 1.43. The molecular weight excluding hydrogens is 218 g/mol. The van der Waals surface area contributed by atoms with E-state index >= 15 is 0 Å². The minimum Gasteiger partial charge on any atom is -0.0654 e. The van der Waals surface area contributed by atoms with Crippen LogP contribution >= 0.6 is 16.5 Å². The summed E-state index contributed by atoms with van der Waals surface area (Å²) in [6, 6.07) is 8.71. The zero-order chi connectivity index (χ0) is 10.9. The molecule has 0 spiro atoms. The maximum absolute atomic E-state index is 2.27. The maximum atomic E-state index is 2.27. The summed E-state index contributed by atoms with van der Waals surface area (Å²) < 4.78 is 0. The highest BCUT2D eigenvalue weighted by atomic mass is 32.0.